The van der Waals surface area contributed by atoms with Gasteiger partial charge in [-0.25, -0.2) is 0 Å². The molecule has 3 aliphatic carbocycles. The highest BCUT2D eigenvalue weighted by Crippen LogP contribution is 2.60. The van der Waals surface area contributed by atoms with Gasteiger partial charge in [0, 0.05) is 0 Å². The molecule has 0 spiro atoms. The van der Waals surface area contributed by atoms with E-state index in [0.717, 1.165) is 31.4 Å². The number of fused-ring (bicyclic) bond motifs is 5. The Labute approximate surface area is 138 Å². The molecule has 2 N–H and O–H groups in total. The zero-order chi connectivity index (χ0) is 16.2. The average Bonchev–Trinajstić information content (AvgIpc) is 2.78. The van der Waals surface area contributed by atoms with E-state index >= 15 is 0 Å². The van der Waals surface area contributed by atoms with E-state index < -0.39 is 12.2 Å². The molecular weight excluding hydrogens is 288 g/mol. The highest BCUT2D eigenvalue weighted by atomic mass is 16.5. The van der Waals surface area contributed by atoms with Crippen LogP contribution in [0.15, 0.2) is 18.2 Å². The van der Waals surface area contributed by atoms with Gasteiger partial charge in [-0.15, -0.1) is 0 Å². The van der Waals surface area contributed by atoms with E-state index in [2.05, 4.69) is 25.1 Å². The fourth-order valence-corrected chi connectivity index (χ4v) is 5.80. The number of ether oxygens (including phenoxy) is 1. The monoisotopic (exact) mass is 316 g/mol. The topological polar surface area (TPSA) is 49.7 Å². The van der Waals surface area contributed by atoms with Crippen LogP contribution in [-0.4, -0.2) is 29.0 Å². The van der Waals surface area contributed by atoms with Gasteiger partial charge in [0.2, 0.25) is 0 Å². The summed E-state index contributed by atoms with van der Waals surface area (Å²) in [6.45, 7) is 4.93. The summed E-state index contributed by atoms with van der Waals surface area (Å²) < 4.78 is 5.66. The summed E-state index contributed by atoms with van der Waals surface area (Å²) >= 11 is 0. The highest BCUT2D eigenvalue weighted by molar-refractivity contribution is 5.40. The maximum Gasteiger partial charge on any atom is 0.119 e. The third kappa shape index (κ3) is 2.24. The smallest absolute Gasteiger partial charge is 0.119 e. The largest absolute Gasteiger partial charge is 0.494 e. The molecule has 3 nitrogen and oxygen atoms in total. The zero-order valence-electron chi connectivity index (χ0n) is 14.2. The van der Waals surface area contributed by atoms with Crippen molar-refractivity contribution in [2.45, 2.75) is 64.1 Å². The van der Waals surface area contributed by atoms with Crippen molar-refractivity contribution in [2.24, 2.45) is 17.3 Å². The van der Waals surface area contributed by atoms with Gasteiger partial charge in [0.25, 0.3) is 0 Å². The van der Waals surface area contributed by atoms with E-state index in [1.54, 1.807) is 0 Å². The molecule has 4 rings (SSSR count). The first-order chi connectivity index (χ1) is 11.0. The molecule has 23 heavy (non-hydrogen) atoms. The summed E-state index contributed by atoms with van der Waals surface area (Å²) in [5.74, 6) is 2.62. The van der Waals surface area contributed by atoms with Crippen LogP contribution in [0.2, 0.25) is 0 Å². The Morgan fingerprint density at radius 2 is 2.09 bits per heavy atom. The first-order valence-electron chi connectivity index (χ1n) is 9.16. The van der Waals surface area contributed by atoms with Gasteiger partial charge >= 0.3 is 0 Å². The molecule has 0 radical (unpaired) electrons. The molecule has 0 saturated heterocycles. The van der Waals surface area contributed by atoms with Crippen molar-refractivity contribution in [1.82, 2.24) is 0 Å². The third-order valence-electron chi connectivity index (χ3n) is 6.98. The summed E-state index contributed by atoms with van der Waals surface area (Å²) in [7, 11) is 0. The van der Waals surface area contributed by atoms with Crippen molar-refractivity contribution in [2.75, 3.05) is 6.61 Å². The van der Waals surface area contributed by atoms with Crippen molar-refractivity contribution in [3.8, 4) is 5.75 Å². The fourth-order valence-electron chi connectivity index (χ4n) is 5.80. The lowest BCUT2D eigenvalue weighted by Gasteiger charge is -2.49. The molecule has 3 heteroatoms. The second-order valence-corrected chi connectivity index (χ2v) is 8.00. The van der Waals surface area contributed by atoms with Crippen LogP contribution < -0.4 is 4.74 Å². The molecule has 0 amide bonds. The van der Waals surface area contributed by atoms with Gasteiger partial charge in [-0.1, -0.05) is 13.0 Å². The van der Waals surface area contributed by atoms with Crippen LogP contribution in [0.3, 0.4) is 0 Å². The normalized spacial score (nSPS) is 41.8. The lowest BCUT2D eigenvalue weighted by molar-refractivity contribution is -0.0505. The molecular formula is C20H28O3. The second kappa shape index (κ2) is 5.49. The SMILES string of the molecule is CCOc1ccc2c(c1)CC[C@H]1[C@H]3C[C@H](O)[C@H](O)[C@]3(C)CC[C@@H]21. The number of hydrogen-bond acceptors (Lipinski definition) is 3. The van der Waals surface area contributed by atoms with E-state index in [0.29, 0.717) is 24.4 Å². The van der Waals surface area contributed by atoms with Crippen LogP contribution in [0.4, 0.5) is 0 Å². The Morgan fingerprint density at radius 1 is 1.26 bits per heavy atom. The van der Waals surface area contributed by atoms with Gasteiger partial charge in [-0.2, -0.15) is 0 Å². The number of rotatable bonds is 2. The minimum Gasteiger partial charge on any atom is -0.494 e. The summed E-state index contributed by atoms with van der Waals surface area (Å²) in [5, 5.41) is 20.7. The van der Waals surface area contributed by atoms with E-state index in [1.807, 2.05) is 6.92 Å². The Balaban J connectivity index is 1.65. The number of aliphatic hydroxyl groups is 2. The molecule has 126 valence electrons. The molecule has 1 aromatic carbocycles. The first kappa shape index (κ1) is 15.5. The van der Waals surface area contributed by atoms with Gasteiger partial charge in [0.05, 0.1) is 18.8 Å². The van der Waals surface area contributed by atoms with E-state index in [4.69, 9.17) is 4.74 Å². The van der Waals surface area contributed by atoms with Crippen LogP contribution >= 0.6 is 0 Å². The van der Waals surface area contributed by atoms with E-state index in [1.165, 1.54) is 17.5 Å². The van der Waals surface area contributed by atoms with E-state index in [-0.39, 0.29) is 5.41 Å². The molecule has 0 unspecified atom stereocenters. The number of aryl methyl sites for hydroxylation is 1. The van der Waals surface area contributed by atoms with Gasteiger partial charge in [-0.05, 0) is 85.5 Å². The summed E-state index contributed by atoms with van der Waals surface area (Å²) in [5.41, 5.74) is 2.84. The Morgan fingerprint density at radius 3 is 2.87 bits per heavy atom. The van der Waals surface area contributed by atoms with Crippen LogP contribution in [0, 0.1) is 17.3 Å². The number of hydrogen-bond donors (Lipinski definition) is 2. The molecule has 6 atom stereocenters. The third-order valence-corrected chi connectivity index (χ3v) is 6.98. The first-order valence-corrected chi connectivity index (χ1v) is 9.16. The second-order valence-electron chi connectivity index (χ2n) is 8.00. The van der Waals surface area contributed by atoms with Gasteiger partial charge in [-0.3, -0.25) is 0 Å². The fraction of sp³-hybridized carbons (Fsp3) is 0.700. The quantitative estimate of drug-likeness (QED) is 0.880. The van der Waals surface area contributed by atoms with Gasteiger partial charge in [0.1, 0.15) is 5.75 Å². The van der Waals surface area contributed by atoms with Crippen molar-refractivity contribution in [3.63, 3.8) is 0 Å². The Hall–Kier alpha value is -1.06. The van der Waals surface area contributed by atoms with Crippen molar-refractivity contribution >= 4 is 0 Å². The summed E-state index contributed by atoms with van der Waals surface area (Å²) in [4.78, 5) is 0. The number of benzene rings is 1. The van der Waals surface area contributed by atoms with Crippen molar-refractivity contribution < 1.29 is 14.9 Å². The Kier molecular flexibility index (Phi) is 3.69. The lowest BCUT2D eigenvalue weighted by Crippen LogP contribution is -2.44. The average molecular weight is 316 g/mol. The van der Waals surface area contributed by atoms with Crippen molar-refractivity contribution in [3.05, 3.63) is 29.3 Å². The molecule has 2 saturated carbocycles. The van der Waals surface area contributed by atoms with Crippen LogP contribution in [-0.2, 0) is 6.42 Å². The lowest BCUT2D eigenvalue weighted by atomic mass is 9.55. The Bertz CT molecular complexity index is 599. The maximum absolute atomic E-state index is 10.5. The molecule has 2 fully saturated rings. The minimum atomic E-state index is -0.546. The van der Waals surface area contributed by atoms with Gasteiger partial charge < -0.3 is 14.9 Å². The highest BCUT2D eigenvalue weighted by Gasteiger charge is 2.57. The maximum atomic E-state index is 10.5. The summed E-state index contributed by atoms with van der Waals surface area (Å²) in [6.07, 6.45) is 4.10. The van der Waals surface area contributed by atoms with Gasteiger partial charge in [0.15, 0.2) is 0 Å². The van der Waals surface area contributed by atoms with E-state index in [9.17, 15) is 10.2 Å². The predicted molar refractivity (Wildman–Crippen MR) is 89.6 cm³/mol. The molecule has 0 heterocycles. The van der Waals surface area contributed by atoms with Crippen molar-refractivity contribution in [1.29, 1.82) is 0 Å². The van der Waals surface area contributed by atoms with Crippen LogP contribution in [0.5, 0.6) is 5.75 Å². The zero-order valence-corrected chi connectivity index (χ0v) is 14.2. The standard InChI is InChI=1S/C20H28O3/c1-3-23-13-5-7-14-12(10-13)4-6-16-15(14)8-9-20(2)17(16)11-18(21)19(20)22/h5,7,10,15-19,21-22H,3-4,6,8-9,11H2,1-2H3/t15-,16+,17+,18-,19-,20+/m0/s1. The predicted octanol–water partition coefficient (Wildman–Crippen LogP) is 3.27. The number of aliphatic hydroxyl groups excluding tert-OH is 2. The van der Waals surface area contributed by atoms with Crippen LogP contribution in [0.1, 0.15) is 56.6 Å². The molecule has 1 aromatic rings. The molecule has 0 aliphatic heterocycles. The molecule has 3 aliphatic rings. The minimum absolute atomic E-state index is 0.0939. The summed E-state index contributed by atoms with van der Waals surface area (Å²) in [6, 6.07) is 6.60. The molecule has 0 aromatic heterocycles. The molecule has 0 bridgehead atoms. The van der Waals surface area contributed by atoms with Crippen LogP contribution in [0.25, 0.3) is 0 Å².